The second-order valence-corrected chi connectivity index (χ2v) is 7.84. The number of hydrogen-bond donors (Lipinski definition) is 1. The summed E-state index contributed by atoms with van der Waals surface area (Å²) in [6, 6.07) is 3.90. The van der Waals surface area contributed by atoms with Crippen LogP contribution in [0.1, 0.15) is 47.8 Å². The highest BCUT2D eigenvalue weighted by Gasteiger charge is 2.31. The molecular formula is C20H24N4O. The van der Waals surface area contributed by atoms with Gasteiger partial charge in [-0.15, -0.1) is 0 Å². The highest BCUT2D eigenvalue weighted by atomic mass is 16.1. The Morgan fingerprint density at radius 2 is 2.04 bits per heavy atom. The first-order valence-electron chi connectivity index (χ1n) is 9.51. The van der Waals surface area contributed by atoms with Crippen LogP contribution in [0.15, 0.2) is 16.9 Å². The van der Waals surface area contributed by atoms with Gasteiger partial charge in [-0.2, -0.15) is 0 Å². The molecule has 0 amide bonds. The smallest absolute Gasteiger partial charge is 0.251 e. The van der Waals surface area contributed by atoms with Crippen molar-refractivity contribution >= 4 is 0 Å². The molecule has 2 aliphatic heterocycles. The predicted octanol–water partition coefficient (Wildman–Crippen LogP) is 2.20. The fourth-order valence-electron chi connectivity index (χ4n) is 4.84. The van der Waals surface area contributed by atoms with Crippen LogP contribution in [0.4, 0.5) is 0 Å². The van der Waals surface area contributed by atoms with E-state index in [0.29, 0.717) is 11.8 Å². The second kappa shape index (κ2) is 5.77. The van der Waals surface area contributed by atoms with Crippen molar-refractivity contribution in [3.8, 4) is 11.4 Å². The van der Waals surface area contributed by atoms with Crippen LogP contribution in [-0.2, 0) is 19.4 Å². The van der Waals surface area contributed by atoms with Crippen molar-refractivity contribution in [1.82, 2.24) is 19.9 Å². The molecule has 0 saturated carbocycles. The quantitative estimate of drug-likeness (QED) is 0.867. The summed E-state index contributed by atoms with van der Waals surface area (Å²) in [6.45, 7) is 4.90. The number of aromatic nitrogens is 3. The Kier molecular flexibility index (Phi) is 3.52. The number of piperidine rings is 1. The Bertz CT molecular complexity index is 901. The van der Waals surface area contributed by atoms with Crippen molar-refractivity contribution < 1.29 is 0 Å². The zero-order chi connectivity index (χ0) is 17.0. The monoisotopic (exact) mass is 336 g/mol. The van der Waals surface area contributed by atoms with Crippen LogP contribution in [0.25, 0.3) is 11.4 Å². The van der Waals surface area contributed by atoms with Gasteiger partial charge in [-0.25, -0.2) is 9.97 Å². The number of nitrogens with one attached hydrogen (secondary N) is 1. The molecule has 1 N–H and O–H groups in total. The van der Waals surface area contributed by atoms with Crippen LogP contribution in [0.5, 0.6) is 0 Å². The molecule has 0 spiro atoms. The molecule has 1 saturated heterocycles. The normalized spacial score (nSPS) is 24.5. The van der Waals surface area contributed by atoms with Crippen molar-refractivity contribution in [2.75, 3.05) is 13.1 Å². The fraction of sp³-hybridized carbons (Fsp3) is 0.550. The zero-order valence-electron chi connectivity index (χ0n) is 14.7. The third-order valence-electron chi connectivity index (χ3n) is 6.11. The van der Waals surface area contributed by atoms with Crippen LogP contribution in [0.3, 0.4) is 0 Å². The molecule has 5 heteroatoms. The summed E-state index contributed by atoms with van der Waals surface area (Å²) >= 11 is 0. The Labute approximate surface area is 147 Å². The molecule has 5 rings (SSSR count). The van der Waals surface area contributed by atoms with Gasteiger partial charge in [0.05, 0.1) is 0 Å². The van der Waals surface area contributed by atoms with Crippen LogP contribution in [-0.4, -0.2) is 27.6 Å². The van der Waals surface area contributed by atoms with Crippen LogP contribution in [0.2, 0.25) is 0 Å². The third-order valence-corrected chi connectivity index (χ3v) is 6.11. The van der Waals surface area contributed by atoms with E-state index in [4.69, 9.17) is 9.97 Å². The zero-order valence-corrected chi connectivity index (χ0v) is 14.7. The molecule has 0 radical (unpaired) electrons. The van der Waals surface area contributed by atoms with Gasteiger partial charge in [0.1, 0.15) is 0 Å². The van der Waals surface area contributed by atoms with Gasteiger partial charge >= 0.3 is 0 Å². The first-order valence-corrected chi connectivity index (χ1v) is 9.51. The lowest BCUT2D eigenvalue weighted by atomic mass is 9.84. The SMILES string of the molecule is Cc1nc(-c2cc3n(c(=O)c2)C[C@@H]2CNC[C@H]3C2)nc2c1CCCC2. The summed E-state index contributed by atoms with van der Waals surface area (Å²) < 4.78 is 1.98. The van der Waals surface area contributed by atoms with Gasteiger partial charge < -0.3 is 9.88 Å². The average molecular weight is 336 g/mol. The van der Waals surface area contributed by atoms with Crippen molar-refractivity contribution in [1.29, 1.82) is 0 Å². The van der Waals surface area contributed by atoms with E-state index >= 15 is 0 Å². The molecule has 2 aromatic heterocycles. The molecule has 2 aromatic rings. The van der Waals surface area contributed by atoms with Crippen LogP contribution in [0, 0.1) is 12.8 Å². The highest BCUT2D eigenvalue weighted by Crippen LogP contribution is 2.33. The van der Waals surface area contributed by atoms with Crippen LogP contribution >= 0.6 is 0 Å². The van der Waals surface area contributed by atoms with Crippen molar-refractivity contribution in [3.05, 3.63) is 45.1 Å². The van der Waals surface area contributed by atoms with Gasteiger partial charge in [-0.3, -0.25) is 4.79 Å². The summed E-state index contributed by atoms with van der Waals surface area (Å²) in [5.74, 6) is 1.74. The summed E-state index contributed by atoms with van der Waals surface area (Å²) in [4.78, 5) is 22.3. The molecule has 0 unspecified atom stereocenters. The summed E-state index contributed by atoms with van der Waals surface area (Å²) in [5.41, 5.74) is 5.73. The van der Waals surface area contributed by atoms with E-state index in [2.05, 4.69) is 18.3 Å². The van der Waals surface area contributed by atoms with Crippen molar-refractivity contribution in [2.45, 2.75) is 51.5 Å². The molecular weight excluding hydrogens is 312 g/mol. The lowest BCUT2D eigenvalue weighted by Gasteiger charge is -2.37. The van der Waals surface area contributed by atoms with Gasteiger partial charge in [-0.1, -0.05) is 0 Å². The fourth-order valence-corrected chi connectivity index (χ4v) is 4.84. The van der Waals surface area contributed by atoms with E-state index in [-0.39, 0.29) is 5.56 Å². The van der Waals surface area contributed by atoms with E-state index in [1.165, 1.54) is 30.5 Å². The Morgan fingerprint density at radius 3 is 2.96 bits per heavy atom. The Morgan fingerprint density at radius 1 is 1.16 bits per heavy atom. The molecule has 2 atom stereocenters. The first kappa shape index (κ1) is 15.3. The molecule has 3 aliphatic rings. The van der Waals surface area contributed by atoms with Gasteiger partial charge in [0.25, 0.3) is 5.56 Å². The molecule has 4 heterocycles. The van der Waals surface area contributed by atoms with Crippen molar-refractivity contribution in [2.24, 2.45) is 5.92 Å². The number of pyridine rings is 1. The van der Waals surface area contributed by atoms with E-state index < -0.39 is 0 Å². The van der Waals surface area contributed by atoms with Crippen LogP contribution < -0.4 is 10.9 Å². The van der Waals surface area contributed by atoms with E-state index in [1.54, 1.807) is 6.07 Å². The number of aryl methyl sites for hydroxylation is 2. The standard InChI is InChI=1S/C20H24N4O/c1-12-16-4-2-3-5-17(16)23-20(22-12)14-7-18-15-6-13(9-21-10-15)11-24(18)19(25)8-14/h7-8,13,15,21H,2-6,9-11H2,1H3/t13-,15+/m0/s1. The average Bonchev–Trinajstić information content (AvgIpc) is 2.63. The lowest BCUT2D eigenvalue weighted by Crippen LogP contribution is -2.44. The molecule has 5 nitrogen and oxygen atoms in total. The predicted molar refractivity (Wildman–Crippen MR) is 96.8 cm³/mol. The summed E-state index contributed by atoms with van der Waals surface area (Å²) in [7, 11) is 0. The lowest BCUT2D eigenvalue weighted by molar-refractivity contribution is 0.257. The van der Waals surface area contributed by atoms with Gasteiger partial charge in [-0.05, 0) is 63.1 Å². The highest BCUT2D eigenvalue weighted by molar-refractivity contribution is 5.56. The third kappa shape index (κ3) is 2.53. The summed E-state index contributed by atoms with van der Waals surface area (Å²) in [5, 5.41) is 3.51. The van der Waals surface area contributed by atoms with Gasteiger partial charge in [0.2, 0.25) is 0 Å². The molecule has 1 fully saturated rings. The minimum atomic E-state index is 0.100. The van der Waals surface area contributed by atoms with E-state index in [0.717, 1.165) is 55.3 Å². The first-order chi connectivity index (χ1) is 12.2. The Hall–Kier alpha value is -2.01. The minimum absolute atomic E-state index is 0.100. The van der Waals surface area contributed by atoms with Gasteiger partial charge in [0, 0.05) is 47.7 Å². The molecule has 1 aliphatic carbocycles. The second-order valence-electron chi connectivity index (χ2n) is 7.84. The minimum Gasteiger partial charge on any atom is -0.316 e. The maximum absolute atomic E-state index is 12.7. The van der Waals surface area contributed by atoms with E-state index in [1.807, 2.05) is 4.57 Å². The number of rotatable bonds is 1. The maximum Gasteiger partial charge on any atom is 0.251 e. The largest absolute Gasteiger partial charge is 0.316 e. The number of fused-ring (bicyclic) bond motifs is 5. The molecule has 2 bridgehead atoms. The summed E-state index contributed by atoms with van der Waals surface area (Å²) in [6.07, 6.45) is 5.73. The molecule has 25 heavy (non-hydrogen) atoms. The van der Waals surface area contributed by atoms with E-state index in [9.17, 15) is 4.79 Å². The number of nitrogens with zero attached hydrogens (tertiary/aromatic N) is 3. The Balaban J connectivity index is 1.63. The van der Waals surface area contributed by atoms with Crippen molar-refractivity contribution in [3.63, 3.8) is 0 Å². The molecule has 130 valence electrons. The molecule has 0 aromatic carbocycles. The maximum atomic E-state index is 12.7. The topological polar surface area (TPSA) is 59.8 Å². The van der Waals surface area contributed by atoms with Gasteiger partial charge in [0.15, 0.2) is 5.82 Å². The number of hydrogen-bond acceptors (Lipinski definition) is 4.